The highest BCUT2D eigenvalue weighted by molar-refractivity contribution is 5.87. The summed E-state index contributed by atoms with van der Waals surface area (Å²) in [5, 5.41) is 6.93. The average Bonchev–Trinajstić information content (AvgIpc) is 2.83. The van der Waals surface area contributed by atoms with Gasteiger partial charge in [-0.05, 0) is 51.7 Å². The molecule has 1 aliphatic rings. The molecule has 0 unspecified atom stereocenters. The van der Waals surface area contributed by atoms with E-state index in [2.05, 4.69) is 25.6 Å². The minimum Gasteiger partial charge on any atom is -0.497 e. The molecule has 3 aromatic rings. The van der Waals surface area contributed by atoms with Crippen LogP contribution >= 0.6 is 0 Å². The molecule has 34 heavy (non-hydrogen) atoms. The van der Waals surface area contributed by atoms with Gasteiger partial charge in [-0.2, -0.15) is 0 Å². The zero-order chi connectivity index (χ0) is 24.2. The van der Waals surface area contributed by atoms with Gasteiger partial charge < -0.3 is 25.1 Å². The van der Waals surface area contributed by atoms with Crippen molar-refractivity contribution in [3.63, 3.8) is 0 Å². The third-order valence-corrected chi connectivity index (χ3v) is 6.12. The zero-order valence-corrected chi connectivity index (χ0v) is 20.0. The number of fused-ring (bicyclic) bond motifs is 1. The predicted octanol–water partition coefficient (Wildman–Crippen LogP) is 3.50. The number of nitrogens with one attached hydrogen (secondary N) is 3. The van der Waals surface area contributed by atoms with Crippen molar-refractivity contribution in [3.05, 3.63) is 40.8 Å². The maximum Gasteiger partial charge on any atom is 0.262 e. The molecule has 2 aromatic heterocycles. The van der Waals surface area contributed by atoms with Gasteiger partial charge in [0.15, 0.2) is 5.82 Å². The molecule has 180 valence electrons. The number of carbonyl (C=O) groups is 1. The summed E-state index contributed by atoms with van der Waals surface area (Å²) in [6.45, 7) is 3.96. The summed E-state index contributed by atoms with van der Waals surface area (Å²) in [7, 11) is 3.06. The van der Waals surface area contributed by atoms with E-state index in [-0.39, 0.29) is 29.5 Å². The molecule has 1 fully saturated rings. The lowest BCUT2D eigenvalue weighted by molar-refractivity contribution is -0.126. The first-order valence-corrected chi connectivity index (χ1v) is 11.6. The van der Waals surface area contributed by atoms with Crippen molar-refractivity contribution < 1.29 is 14.3 Å². The number of benzene rings is 1. The molecule has 0 spiro atoms. The quantitative estimate of drug-likeness (QED) is 0.489. The van der Waals surface area contributed by atoms with Crippen molar-refractivity contribution in [2.45, 2.75) is 51.6 Å². The van der Waals surface area contributed by atoms with Gasteiger partial charge in [-0.15, -0.1) is 0 Å². The van der Waals surface area contributed by atoms with Gasteiger partial charge >= 0.3 is 0 Å². The number of hydrogen-bond acceptors (Lipinski definition) is 7. The van der Waals surface area contributed by atoms with Crippen LogP contribution in [0.5, 0.6) is 11.5 Å². The Hall–Kier alpha value is -3.62. The second-order valence-electron chi connectivity index (χ2n) is 8.89. The second-order valence-corrected chi connectivity index (χ2v) is 8.89. The minimum absolute atomic E-state index is 0.0530. The normalized spacial score (nSPS) is 18.0. The summed E-state index contributed by atoms with van der Waals surface area (Å²) in [6, 6.07) is 7.49. The number of anilines is 1. The molecular weight excluding hydrogens is 434 g/mol. The van der Waals surface area contributed by atoms with Crippen LogP contribution in [0.2, 0.25) is 0 Å². The molecular formula is C25H31N5O4. The van der Waals surface area contributed by atoms with Gasteiger partial charge in [0.25, 0.3) is 5.56 Å². The molecule has 0 radical (unpaired) electrons. The first-order chi connectivity index (χ1) is 16.4. The summed E-state index contributed by atoms with van der Waals surface area (Å²) >= 11 is 0. The number of ether oxygens (including phenoxy) is 2. The van der Waals surface area contributed by atoms with E-state index in [1.165, 1.54) is 7.11 Å². The van der Waals surface area contributed by atoms with Crippen LogP contribution in [0.25, 0.3) is 22.4 Å². The average molecular weight is 466 g/mol. The van der Waals surface area contributed by atoms with E-state index in [1.54, 1.807) is 25.4 Å². The van der Waals surface area contributed by atoms with Crippen LogP contribution in [-0.4, -0.2) is 47.2 Å². The van der Waals surface area contributed by atoms with Gasteiger partial charge in [-0.25, -0.2) is 4.98 Å². The molecule has 1 aliphatic carbocycles. The number of aromatic amines is 1. The fourth-order valence-corrected chi connectivity index (χ4v) is 4.43. The molecule has 0 bridgehead atoms. The SMILES string of the molecule is COc1cc(OC)c2c(=O)[nH]c(-c3ncccc3N[C@H]3CC[C@@H](C(=O)NC(C)C)CC3)nc2c1. The molecule has 0 saturated heterocycles. The Kier molecular flexibility index (Phi) is 7.00. The largest absolute Gasteiger partial charge is 0.497 e. The van der Waals surface area contributed by atoms with Crippen molar-refractivity contribution in [2.24, 2.45) is 5.92 Å². The number of aromatic nitrogens is 3. The third-order valence-electron chi connectivity index (χ3n) is 6.12. The summed E-state index contributed by atoms with van der Waals surface area (Å²) < 4.78 is 10.7. The molecule has 1 aromatic carbocycles. The summed E-state index contributed by atoms with van der Waals surface area (Å²) in [6.07, 6.45) is 5.08. The van der Waals surface area contributed by atoms with E-state index in [0.29, 0.717) is 33.9 Å². The number of amides is 1. The fraction of sp³-hybridized carbons (Fsp3) is 0.440. The lowest BCUT2D eigenvalue weighted by atomic mass is 9.85. The topological polar surface area (TPSA) is 118 Å². The molecule has 0 atom stereocenters. The van der Waals surface area contributed by atoms with Gasteiger partial charge in [-0.1, -0.05) is 0 Å². The van der Waals surface area contributed by atoms with Crippen LogP contribution in [0.3, 0.4) is 0 Å². The monoisotopic (exact) mass is 465 g/mol. The maximum atomic E-state index is 12.9. The van der Waals surface area contributed by atoms with Crippen molar-refractivity contribution in [3.8, 4) is 23.0 Å². The van der Waals surface area contributed by atoms with Crippen molar-refractivity contribution >= 4 is 22.5 Å². The smallest absolute Gasteiger partial charge is 0.262 e. The third kappa shape index (κ3) is 4.98. The highest BCUT2D eigenvalue weighted by Gasteiger charge is 2.27. The molecule has 9 nitrogen and oxygen atoms in total. The Morgan fingerprint density at radius 1 is 1.15 bits per heavy atom. The van der Waals surface area contributed by atoms with Gasteiger partial charge in [-0.3, -0.25) is 14.6 Å². The second kappa shape index (κ2) is 10.1. The number of nitrogens with zero attached hydrogens (tertiary/aromatic N) is 2. The summed E-state index contributed by atoms with van der Waals surface area (Å²) in [4.78, 5) is 37.3. The predicted molar refractivity (Wildman–Crippen MR) is 131 cm³/mol. The molecule has 3 N–H and O–H groups in total. The van der Waals surface area contributed by atoms with Crippen LogP contribution in [-0.2, 0) is 4.79 Å². The summed E-state index contributed by atoms with van der Waals surface area (Å²) in [5.41, 5.74) is 1.49. The molecule has 1 amide bonds. The Morgan fingerprint density at radius 2 is 1.91 bits per heavy atom. The van der Waals surface area contributed by atoms with Gasteiger partial charge in [0.2, 0.25) is 5.91 Å². The molecule has 0 aliphatic heterocycles. The van der Waals surface area contributed by atoms with Gasteiger partial charge in [0.05, 0.1) is 25.4 Å². The number of hydrogen-bond donors (Lipinski definition) is 3. The van der Waals surface area contributed by atoms with Crippen LogP contribution in [0.1, 0.15) is 39.5 Å². The fourth-order valence-electron chi connectivity index (χ4n) is 4.43. The first-order valence-electron chi connectivity index (χ1n) is 11.6. The Labute approximate surface area is 198 Å². The van der Waals surface area contributed by atoms with E-state index in [9.17, 15) is 9.59 Å². The number of H-pyrrole nitrogens is 1. The molecule has 9 heteroatoms. The van der Waals surface area contributed by atoms with Crippen molar-refractivity contribution in [2.75, 3.05) is 19.5 Å². The lowest BCUT2D eigenvalue weighted by Crippen LogP contribution is -2.38. The number of carbonyl (C=O) groups excluding carboxylic acids is 1. The standard InChI is InChI=1S/C25H31N5O4/c1-14(2)27-24(31)15-7-9-16(10-8-15)28-18-6-5-11-26-22(18)23-29-19-12-17(33-3)13-20(34-4)21(19)25(32)30-23/h5-6,11-16,28H,7-10H2,1-4H3,(H,27,31)(H,29,30,32)/t15-,16+. The summed E-state index contributed by atoms with van der Waals surface area (Å²) in [5.74, 6) is 1.50. The van der Waals surface area contributed by atoms with E-state index in [1.807, 2.05) is 26.0 Å². The van der Waals surface area contributed by atoms with Gasteiger partial charge in [0.1, 0.15) is 22.6 Å². The number of methoxy groups -OCH3 is 2. The van der Waals surface area contributed by atoms with Crippen molar-refractivity contribution in [1.82, 2.24) is 20.3 Å². The Morgan fingerprint density at radius 3 is 2.59 bits per heavy atom. The van der Waals surface area contributed by atoms with Crippen molar-refractivity contribution in [1.29, 1.82) is 0 Å². The number of rotatable bonds is 7. The molecule has 1 saturated carbocycles. The Balaban J connectivity index is 1.59. The maximum absolute atomic E-state index is 12.9. The van der Waals surface area contributed by atoms with Crippen LogP contribution in [0.15, 0.2) is 35.3 Å². The van der Waals surface area contributed by atoms with E-state index >= 15 is 0 Å². The number of pyridine rings is 1. The molecule has 2 heterocycles. The highest BCUT2D eigenvalue weighted by atomic mass is 16.5. The highest BCUT2D eigenvalue weighted by Crippen LogP contribution is 2.32. The minimum atomic E-state index is -0.312. The first kappa shape index (κ1) is 23.5. The zero-order valence-electron chi connectivity index (χ0n) is 20.0. The molecule has 4 rings (SSSR count). The van der Waals surface area contributed by atoms with Crippen LogP contribution < -0.4 is 25.7 Å². The Bertz CT molecular complexity index is 1230. The van der Waals surface area contributed by atoms with E-state index in [4.69, 9.17) is 9.47 Å². The van der Waals surface area contributed by atoms with Crippen LogP contribution in [0.4, 0.5) is 5.69 Å². The lowest BCUT2D eigenvalue weighted by Gasteiger charge is -2.30. The van der Waals surface area contributed by atoms with Gasteiger partial charge in [0, 0.05) is 36.3 Å². The van der Waals surface area contributed by atoms with Crippen LogP contribution in [0, 0.1) is 5.92 Å². The van der Waals surface area contributed by atoms with E-state index in [0.717, 1.165) is 31.4 Å². The van der Waals surface area contributed by atoms with E-state index < -0.39 is 0 Å².